The lowest BCUT2D eigenvalue weighted by Crippen LogP contribution is -2.19. The van der Waals surface area contributed by atoms with Crippen LogP contribution in [0.15, 0.2) is 36.5 Å². The fraction of sp³-hybridized carbons (Fsp3) is 0.312. The van der Waals surface area contributed by atoms with Gasteiger partial charge in [-0.2, -0.15) is 0 Å². The summed E-state index contributed by atoms with van der Waals surface area (Å²) in [7, 11) is 1.88. The number of ether oxygens (including phenoxy) is 1. The molecule has 3 nitrogen and oxygen atoms in total. The zero-order valence-corrected chi connectivity index (χ0v) is 13.2. The van der Waals surface area contributed by atoms with E-state index in [9.17, 15) is 0 Å². The predicted octanol–water partition coefficient (Wildman–Crippen LogP) is 4.24. The highest BCUT2D eigenvalue weighted by Crippen LogP contribution is 2.31. The van der Waals surface area contributed by atoms with E-state index >= 15 is 0 Å². The third-order valence-electron chi connectivity index (χ3n) is 3.44. The zero-order valence-electron chi connectivity index (χ0n) is 11.6. The highest BCUT2D eigenvalue weighted by atomic mass is 35.5. The first-order chi connectivity index (χ1) is 10.2. The number of hydrogen-bond acceptors (Lipinski definition) is 3. The smallest absolute Gasteiger partial charge is 0.119 e. The Bertz CT molecular complexity index is 627. The van der Waals surface area contributed by atoms with Crippen LogP contribution in [0, 0.1) is 0 Å². The van der Waals surface area contributed by atoms with E-state index in [0.29, 0.717) is 16.1 Å². The molecule has 1 aromatic carbocycles. The number of benzene rings is 1. The van der Waals surface area contributed by atoms with Crippen LogP contribution >= 0.6 is 23.2 Å². The van der Waals surface area contributed by atoms with Gasteiger partial charge >= 0.3 is 0 Å². The minimum absolute atomic E-state index is 0.0789. The third-order valence-corrected chi connectivity index (χ3v) is 3.95. The minimum atomic E-state index is -0.0789. The summed E-state index contributed by atoms with van der Waals surface area (Å²) in [5.74, 6) is 0.909. The summed E-state index contributed by atoms with van der Waals surface area (Å²) < 4.78 is 5.76. The van der Waals surface area contributed by atoms with E-state index in [1.807, 2.05) is 31.3 Å². The Labute approximate surface area is 134 Å². The van der Waals surface area contributed by atoms with Crippen molar-refractivity contribution in [2.24, 2.45) is 0 Å². The largest absolute Gasteiger partial charge is 0.490 e. The van der Waals surface area contributed by atoms with E-state index in [4.69, 9.17) is 27.9 Å². The summed E-state index contributed by atoms with van der Waals surface area (Å²) in [5.41, 5.74) is 1.84. The number of rotatable bonds is 5. The van der Waals surface area contributed by atoms with E-state index < -0.39 is 0 Å². The fourth-order valence-electron chi connectivity index (χ4n) is 2.22. The number of aromatic nitrogens is 1. The molecule has 1 unspecified atom stereocenters. The monoisotopic (exact) mass is 322 g/mol. The molecule has 0 amide bonds. The maximum atomic E-state index is 6.25. The normalized spacial score (nSPS) is 15.8. The van der Waals surface area contributed by atoms with Crippen molar-refractivity contribution in [1.29, 1.82) is 0 Å². The topological polar surface area (TPSA) is 34.1 Å². The van der Waals surface area contributed by atoms with Gasteiger partial charge in [-0.1, -0.05) is 35.3 Å². The van der Waals surface area contributed by atoms with Crippen molar-refractivity contribution in [3.8, 4) is 5.75 Å². The lowest BCUT2D eigenvalue weighted by molar-refractivity contribution is 0.303. The van der Waals surface area contributed by atoms with Crippen molar-refractivity contribution >= 4 is 23.2 Å². The van der Waals surface area contributed by atoms with Crippen LogP contribution in [0.2, 0.25) is 10.0 Å². The molecule has 110 valence electrons. The van der Waals surface area contributed by atoms with Crippen molar-refractivity contribution in [3.63, 3.8) is 0 Å². The lowest BCUT2D eigenvalue weighted by Gasteiger charge is -2.18. The Hall–Kier alpha value is -1.29. The minimum Gasteiger partial charge on any atom is -0.490 e. The Morgan fingerprint density at radius 3 is 2.52 bits per heavy atom. The molecular weight excluding hydrogens is 307 g/mol. The Morgan fingerprint density at radius 2 is 1.95 bits per heavy atom. The maximum absolute atomic E-state index is 6.25. The molecule has 0 aliphatic heterocycles. The van der Waals surface area contributed by atoms with Crippen LogP contribution in [0.4, 0.5) is 0 Å². The highest BCUT2D eigenvalue weighted by Gasteiger charge is 2.23. The predicted molar refractivity (Wildman–Crippen MR) is 85.3 cm³/mol. The van der Waals surface area contributed by atoms with Gasteiger partial charge in [0.15, 0.2) is 0 Å². The van der Waals surface area contributed by atoms with Crippen molar-refractivity contribution in [2.75, 3.05) is 7.05 Å². The second kappa shape index (κ2) is 6.22. The number of halogens is 2. The molecule has 1 fully saturated rings. The molecular formula is C16H16Cl2N2O. The quantitative estimate of drug-likeness (QED) is 0.894. The average Bonchev–Trinajstić information content (AvgIpc) is 3.27. The second-order valence-electron chi connectivity index (χ2n) is 5.13. The molecule has 1 N–H and O–H groups in total. The summed E-state index contributed by atoms with van der Waals surface area (Å²) in [6.45, 7) is 0. The van der Waals surface area contributed by atoms with Gasteiger partial charge in [0.1, 0.15) is 5.75 Å². The first-order valence-electron chi connectivity index (χ1n) is 6.92. The van der Waals surface area contributed by atoms with Gasteiger partial charge in [0.05, 0.1) is 27.9 Å². The molecule has 1 aliphatic rings. The number of nitrogens with one attached hydrogen (secondary N) is 1. The summed E-state index contributed by atoms with van der Waals surface area (Å²) in [5, 5.41) is 4.33. The summed E-state index contributed by atoms with van der Waals surface area (Å²) >= 11 is 12.2. The van der Waals surface area contributed by atoms with Gasteiger partial charge in [0.2, 0.25) is 0 Å². The van der Waals surface area contributed by atoms with E-state index in [1.54, 1.807) is 12.3 Å². The number of pyridine rings is 1. The standard InChI is InChI=1S/C16H16Cl2N2O/c1-19-15(16-14(18)8-11(17)9-20-16)10-2-4-12(5-3-10)21-13-6-7-13/h2-5,8-9,13,15,19H,6-7H2,1H3. The van der Waals surface area contributed by atoms with Crippen molar-refractivity contribution in [3.05, 3.63) is 57.8 Å². The third kappa shape index (κ3) is 3.49. The van der Waals surface area contributed by atoms with E-state index in [-0.39, 0.29) is 6.04 Å². The van der Waals surface area contributed by atoms with Gasteiger partial charge in [0.25, 0.3) is 0 Å². The zero-order chi connectivity index (χ0) is 14.8. The molecule has 5 heteroatoms. The van der Waals surface area contributed by atoms with Crippen molar-refractivity contribution in [2.45, 2.75) is 25.0 Å². The molecule has 0 spiro atoms. The van der Waals surface area contributed by atoms with Crippen molar-refractivity contribution < 1.29 is 4.74 Å². The van der Waals surface area contributed by atoms with E-state index in [1.165, 1.54) is 0 Å². The molecule has 21 heavy (non-hydrogen) atoms. The van der Waals surface area contributed by atoms with Crippen LogP contribution in [-0.2, 0) is 0 Å². The molecule has 0 radical (unpaired) electrons. The second-order valence-corrected chi connectivity index (χ2v) is 5.97. The molecule has 3 rings (SSSR count). The molecule has 1 atom stereocenters. The van der Waals surface area contributed by atoms with Gasteiger partial charge in [-0.3, -0.25) is 4.98 Å². The molecule has 1 aliphatic carbocycles. The van der Waals surface area contributed by atoms with Gasteiger partial charge in [0, 0.05) is 6.20 Å². The summed E-state index contributed by atoms with van der Waals surface area (Å²) in [6.07, 6.45) is 4.33. The Balaban J connectivity index is 1.84. The molecule has 2 aromatic rings. The van der Waals surface area contributed by atoms with Crippen LogP contribution < -0.4 is 10.1 Å². The van der Waals surface area contributed by atoms with E-state index in [0.717, 1.165) is 29.8 Å². The lowest BCUT2D eigenvalue weighted by atomic mass is 10.0. The number of nitrogens with zero attached hydrogens (tertiary/aromatic N) is 1. The van der Waals surface area contributed by atoms with Gasteiger partial charge in [-0.15, -0.1) is 0 Å². The van der Waals surface area contributed by atoms with E-state index in [2.05, 4.69) is 10.3 Å². The first-order valence-corrected chi connectivity index (χ1v) is 7.68. The first kappa shape index (κ1) is 14.6. The van der Waals surface area contributed by atoms with Crippen molar-refractivity contribution in [1.82, 2.24) is 10.3 Å². The van der Waals surface area contributed by atoms with Crippen LogP contribution in [0.25, 0.3) is 0 Å². The molecule has 1 saturated carbocycles. The highest BCUT2D eigenvalue weighted by molar-refractivity contribution is 6.34. The fourth-order valence-corrected chi connectivity index (χ4v) is 2.71. The average molecular weight is 323 g/mol. The Kier molecular flexibility index (Phi) is 4.34. The van der Waals surface area contributed by atoms with Crippen LogP contribution in [0.5, 0.6) is 5.75 Å². The van der Waals surface area contributed by atoms with Crippen LogP contribution in [0.1, 0.15) is 30.1 Å². The molecule has 0 bridgehead atoms. The van der Waals surface area contributed by atoms with Crippen LogP contribution in [0.3, 0.4) is 0 Å². The van der Waals surface area contributed by atoms with Crippen LogP contribution in [-0.4, -0.2) is 18.1 Å². The SMILES string of the molecule is CNC(c1ccc(OC2CC2)cc1)c1ncc(Cl)cc1Cl. The molecule has 1 heterocycles. The summed E-state index contributed by atoms with van der Waals surface area (Å²) in [6, 6.07) is 9.67. The Morgan fingerprint density at radius 1 is 1.24 bits per heavy atom. The molecule has 1 aromatic heterocycles. The maximum Gasteiger partial charge on any atom is 0.119 e. The molecule has 0 saturated heterocycles. The van der Waals surface area contributed by atoms with Gasteiger partial charge in [-0.05, 0) is 43.7 Å². The van der Waals surface area contributed by atoms with Gasteiger partial charge < -0.3 is 10.1 Å². The number of hydrogen-bond donors (Lipinski definition) is 1. The summed E-state index contributed by atoms with van der Waals surface area (Å²) in [4.78, 5) is 4.35. The van der Waals surface area contributed by atoms with Gasteiger partial charge in [-0.25, -0.2) is 0 Å².